The smallest absolute Gasteiger partial charge is 0.165 e. The van der Waals surface area contributed by atoms with Crippen LogP contribution in [-0.4, -0.2) is 17.6 Å². The first-order valence-corrected chi connectivity index (χ1v) is 11.0. The third-order valence-corrected chi connectivity index (χ3v) is 6.98. The lowest BCUT2D eigenvalue weighted by Crippen LogP contribution is -2.51. The quantitative estimate of drug-likeness (QED) is 0.527. The van der Waals surface area contributed by atoms with E-state index in [2.05, 4.69) is 10.3 Å². The fourth-order valence-electron chi connectivity index (χ4n) is 5.28. The van der Waals surface area contributed by atoms with Crippen LogP contribution in [0.5, 0.6) is 5.75 Å². The minimum atomic E-state index is -0.532. The van der Waals surface area contributed by atoms with Crippen molar-refractivity contribution in [1.29, 1.82) is 0 Å². The maximum Gasteiger partial charge on any atom is 0.165 e. The molecule has 2 aromatic carbocycles. The number of halogens is 3. The van der Waals surface area contributed by atoms with Gasteiger partial charge >= 0.3 is 0 Å². The Morgan fingerprint density at radius 2 is 1.87 bits per heavy atom. The van der Waals surface area contributed by atoms with Crippen LogP contribution in [0.1, 0.15) is 30.4 Å². The Kier molecular flexibility index (Phi) is 5.30. The fraction of sp³-hybridized carbons (Fsp3) is 0.320. The van der Waals surface area contributed by atoms with Crippen molar-refractivity contribution in [2.75, 3.05) is 11.9 Å². The van der Waals surface area contributed by atoms with Crippen LogP contribution in [-0.2, 0) is 11.8 Å². The van der Waals surface area contributed by atoms with Gasteiger partial charge in [-0.15, -0.1) is 0 Å². The molecule has 3 nitrogen and oxygen atoms in total. The van der Waals surface area contributed by atoms with Crippen molar-refractivity contribution in [3.63, 3.8) is 0 Å². The second-order valence-corrected chi connectivity index (χ2v) is 8.97. The molecule has 0 spiro atoms. The summed E-state index contributed by atoms with van der Waals surface area (Å²) in [4.78, 5) is 4.37. The van der Waals surface area contributed by atoms with Gasteiger partial charge < -0.3 is 10.1 Å². The van der Waals surface area contributed by atoms with Crippen LogP contribution >= 0.6 is 11.6 Å². The number of anilines is 1. The van der Waals surface area contributed by atoms with Crippen LogP contribution in [0.2, 0.25) is 5.02 Å². The summed E-state index contributed by atoms with van der Waals surface area (Å²) in [6, 6.07) is 16.0. The zero-order chi connectivity index (χ0) is 21.4. The molecule has 6 heteroatoms. The van der Waals surface area contributed by atoms with Gasteiger partial charge in [-0.1, -0.05) is 29.8 Å². The highest BCUT2D eigenvalue weighted by Crippen LogP contribution is 2.53. The van der Waals surface area contributed by atoms with Crippen LogP contribution in [0, 0.1) is 17.6 Å². The van der Waals surface area contributed by atoms with E-state index in [1.54, 1.807) is 6.20 Å². The number of nitrogens with zero attached hydrogens (tertiary/aromatic N) is 1. The van der Waals surface area contributed by atoms with E-state index in [4.69, 9.17) is 16.3 Å². The van der Waals surface area contributed by atoms with Gasteiger partial charge in [0.1, 0.15) is 11.6 Å². The molecule has 0 amide bonds. The monoisotopic (exact) mass is 440 g/mol. The average Bonchev–Trinajstić information content (AvgIpc) is 2.78. The summed E-state index contributed by atoms with van der Waals surface area (Å²) < 4.78 is 35.6. The second-order valence-electron chi connectivity index (χ2n) is 8.53. The molecule has 3 aromatic rings. The molecule has 0 bridgehead atoms. The van der Waals surface area contributed by atoms with Crippen molar-refractivity contribution < 1.29 is 13.5 Å². The Labute approximate surface area is 185 Å². The van der Waals surface area contributed by atoms with Crippen LogP contribution in [0.4, 0.5) is 14.6 Å². The minimum absolute atomic E-state index is 0.0435. The lowest BCUT2D eigenvalue weighted by molar-refractivity contribution is 0.0734. The van der Waals surface area contributed by atoms with Crippen LogP contribution in [0.3, 0.4) is 0 Å². The molecule has 1 aliphatic carbocycles. The van der Waals surface area contributed by atoms with Crippen molar-refractivity contribution >= 4 is 17.4 Å². The number of rotatable bonds is 4. The third kappa shape index (κ3) is 3.76. The van der Waals surface area contributed by atoms with Crippen LogP contribution in [0.15, 0.2) is 60.8 Å². The Bertz CT molecular complexity index is 1080. The Morgan fingerprint density at radius 3 is 2.65 bits per heavy atom. The molecule has 3 atom stereocenters. The summed E-state index contributed by atoms with van der Waals surface area (Å²) in [5.74, 6) is 0.0422. The number of fused-ring (bicyclic) bond motifs is 3. The standard InChI is InChI=1S/C25H23ClF2N2O/c26-18-6-4-16(5-7-18)14-25-11-10-19(30-22-3-1-2-12-29-22)13-17(25)15-31-24-21(28)9-8-20(27)23(24)25/h1-9,12,17,19H,10-11,13-15H2,(H,29,30)/t17-,19-,25+/m1/s1. The van der Waals surface area contributed by atoms with Gasteiger partial charge in [-0.25, -0.2) is 13.8 Å². The van der Waals surface area contributed by atoms with Crippen molar-refractivity contribution in [3.05, 3.63) is 88.6 Å². The number of aromatic nitrogens is 1. The Morgan fingerprint density at radius 1 is 1.06 bits per heavy atom. The highest BCUT2D eigenvalue weighted by atomic mass is 35.5. The summed E-state index contributed by atoms with van der Waals surface area (Å²) in [6.45, 7) is 0.362. The first kappa shape index (κ1) is 20.3. The lowest BCUT2D eigenvalue weighted by Gasteiger charge is -2.50. The molecule has 1 fully saturated rings. The fourth-order valence-corrected chi connectivity index (χ4v) is 5.40. The Balaban J connectivity index is 1.52. The molecule has 1 N–H and O–H groups in total. The van der Waals surface area contributed by atoms with Gasteiger partial charge in [0, 0.05) is 34.2 Å². The molecular weight excluding hydrogens is 418 g/mol. The molecule has 31 heavy (non-hydrogen) atoms. The van der Waals surface area contributed by atoms with Crippen molar-refractivity contribution in [1.82, 2.24) is 4.98 Å². The number of benzene rings is 2. The molecule has 2 aliphatic rings. The molecule has 1 aromatic heterocycles. The molecule has 0 radical (unpaired) electrons. The molecule has 1 aliphatic heterocycles. The molecule has 0 saturated heterocycles. The zero-order valence-electron chi connectivity index (χ0n) is 17.0. The predicted molar refractivity (Wildman–Crippen MR) is 118 cm³/mol. The van der Waals surface area contributed by atoms with E-state index >= 15 is 4.39 Å². The summed E-state index contributed by atoms with van der Waals surface area (Å²) in [5.41, 5.74) is 0.910. The average molecular weight is 441 g/mol. The summed E-state index contributed by atoms with van der Waals surface area (Å²) >= 11 is 6.07. The molecule has 0 unspecified atom stereocenters. The van der Waals surface area contributed by atoms with E-state index in [0.29, 0.717) is 23.6 Å². The highest BCUT2D eigenvalue weighted by Gasteiger charge is 2.51. The highest BCUT2D eigenvalue weighted by molar-refractivity contribution is 6.30. The van der Waals surface area contributed by atoms with Crippen molar-refractivity contribution in [3.8, 4) is 5.75 Å². The molecule has 2 heterocycles. The number of ether oxygens (including phenoxy) is 1. The predicted octanol–water partition coefficient (Wildman–Crippen LogP) is 6.17. The first-order chi connectivity index (χ1) is 15.0. The van der Waals surface area contributed by atoms with Gasteiger partial charge in [-0.3, -0.25) is 0 Å². The van der Waals surface area contributed by atoms with Gasteiger partial charge in [-0.05, 0) is 67.6 Å². The van der Waals surface area contributed by atoms with E-state index in [1.807, 2.05) is 42.5 Å². The second kappa shape index (κ2) is 8.12. The maximum absolute atomic E-state index is 15.2. The topological polar surface area (TPSA) is 34.1 Å². The molecule has 160 valence electrons. The SMILES string of the molecule is Fc1ccc(F)c2c1OC[C@H]1C[C@H](Nc3ccccn3)CC[C@@]21Cc1ccc(Cl)cc1. The van der Waals surface area contributed by atoms with Gasteiger partial charge in [0.2, 0.25) is 0 Å². The summed E-state index contributed by atoms with van der Waals surface area (Å²) in [5, 5.41) is 4.16. The minimum Gasteiger partial charge on any atom is -0.490 e. The number of pyridine rings is 1. The van der Waals surface area contributed by atoms with E-state index < -0.39 is 17.0 Å². The summed E-state index contributed by atoms with van der Waals surface area (Å²) in [7, 11) is 0. The van der Waals surface area contributed by atoms with Gasteiger partial charge in [0.25, 0.3) is 0 Å². The maximum atomic E-state index is 15.2. The molecular formula is C25H23ClF2N2O. The number of nitrogens with one attached hydrogen (secondary N) is 1. The van der Waals surface area contributed by atoms with Crippen molar-refractivity contribution in [2.24, 2.45) is 5.92 Å². The van der Waals surface area contributed by atoms with Crippen LogP contribution in [0.25, 0.3) is 0 Å². The third-order valence-electron chi connectivity index (χ3n) is 6.72. The van der Waals surface area contributed by atoms with E-state index in [0.717, 1.165) is 36.7 Å². The Hall–Kier alpha value is -2.66. The number of hydrogen-bond donors (Lipinski definition) is 1. The van der Waals surface area contributed by atoms with Gasteiger partial charge in [-0.2, -0.15) is 0 Å². The van der Waals surface area contributed by atoms with Gasteiger partial charge in [0.05, 0.1) is 6.61 Å². The van der Waals surface area contributed by atoms with Crippen LogP contribution < -0.4 is 10.1 Å². The molecule has 1 saturated carbocycles. The lowest BCUT2D eigenvalue weighted by atomic mass is 9.58. The largest absolute Gasteiger partial charge is 0.490 e. The summed E-state index contributed by atoms with van der Waals surface area (Å²) in [6.07, 6.45) is 4.72. The van der Waals surface area contributed by atoms with E-state index in [9.17, 15) is 4.39 Å². The van der Waals surface area contributed by atoms with E-state index in [-0.39, 0.29) is 17.7 Å². The first-order valence-electron chi connectivity index (χ1n) is 10.6. The normalized spacial score (nSPS) is 24.6. The van der Waals surface area contributed by atoms with E-state index in [1.165, 1.54) is 6.07 Å². The number of hydrogen-bond acceptors (Lipinski definition) is 3. The van der Waals surface area contributed by atoms with Gasteiger partial charge in [0.15, 0.2) is 11.6 Å². The zero-order valence-corrected chi connectivity index (χ0v) is 17.7. The van der Waals surface area contributed by atoms with Crippen molar-refractivity contribution in [2.45, 2.75) is 37.1 Å². The molecule has 5 rings (SSSR count).